The Balaban J connectivity index is 3.75. The summed E-state index contributed by atoms with van der Waals surface area (Å²) in [5, 5.41) is 8.84. The van der Waals surface area contributed by atoms with E-state index in [1.165, 1.54) is 32.1 Å². The maximum atomic E-state index is 11.7. The van der Waals surface area contributed by atoms with Gasteiger partial charge in [0.25, 0.3) is 0 Å². The zero-order valence-corrected chi connectivity index (χ0v) is 12.1. The first-order valence-corrected chi connectivity index (χ1v) is 7.53. The molecule has 0 saturated carbocycles. The van der Waals surface area contributed by atoms with E-state index < -0.39 is 0 Å². The van der Waals surface area contributed by atoms with Crippen LogP contribution >= 0.6 is 0 Å². The third-order valence-corrected chi connectivity index (χ3v) is 3.24. The molecule has 3 heteroatoms. The molecule has 0 saturated heterocycles. The van der Waals surface area contributed by atoms with Crippen LogP contribution in [0.5, 0.6) is 0 Å². The number of aliphatic hydroxyl groups excluding tert-OH is 1. The summed E-state index contributed by atoms with van der Waals surface area (Å²) in [4.78, 5) is 11.7. The predicted molar refractivity (Wildman–Crippen MR) is 74.4 cm³/mol. The van der Waals surface area contributed by atoms with Crippen molar-refractivity contribution in [2.24, 2.45) is 5.92 Å². The fourth-order valence-corrected chi connectivity index (χ4v) is 2.15. The molecular weight excluding hydrogens is 228 g/mol. The Hall–Kier alpha value is -0.570. The lowest BCUT2D eigenvalue weighted by Gasteiger charge is -2.14. The van der Waals surface area contributed by atoms with E-state index in [0.717, 1.165) is 19.3 Å². The van der Waals surface area contributed by atoms with Crippen LogP contribution in [0, 0.1) is 5.92 Å². The molecule has 0 spiro atoms. The van der Waals surface area contributed by atoms with E-state index in [0.29, 0.717) is 13.0 Å². The van der Waals surface area contributed by atoms with Crippen molar-refractivity contribution in [1.29, 1.82) is 0 Å². The first kappa shape index (κ1) is 17.4. The third-order valence-electron chi connectivity index (χ3n) is 3.24. The van der Waals surface area contributed by atoms with Gasteiger partial charge >= 0.3 is 5.97 Å². The number of carbonyl (C=O) groups excluding carboxylic acids is 1. The van der Waals surface area contributed by atoms with Gasteiger partial charge in [-0.05, 0) is 26.2 Å². The first-order valence-electron chi connectivity index (χ1n) is 7.53. The van der Waals surface area contributed by atoms with Crippen molar-refractivity contribution < 1.29 is 14.6 Å². The van der Waals surface area contributed by atoms with E-state index in [-0.39, 0.29) is 18.5 Å². The van der Waals surface area contributed by atoms with Gasteiger partial charge in [-0.15, -0.1) is 0 Å². The monoisotopic (exact) mass is 258 g/mol. The fraction of sp³-hybridized carbons (Fsp3) is 0.933. The van der Waals surface area contributed by atoms with Gasteiger partial charge in [-0.25, -0.2) is 0 Å². The zero-order chi connectivity index (χ0) is 13.6. The molecule has 1 atom stereocenters. The molecule has 0 bridgehead atoms. The molecule has 1 unspecified atom stereocenters. The van der Waals surface area contributed by atoms with Crippen LogP contribution in [0.1, 0.15) is 71.6 Å². The minimum absolute atomic E-state index is 0.0109. The highest BCUT2D eigenvalue weighted by molar-refractivity contribution is 5.72. The lowest BCUT2D eigenvalue weighted by Crippen LogP contribution is -2.18. The van der Waals surface area contributed by atoms with Crippen molar-refractivity contribution in [3.8, 4) is 0 Å². The molecule has 108 valence electrons. The molecule has 0 radical (unpaired) electrons. The Morgan fingerprint density at radius 3 is 2.22 bits per heavy atom. The maximum absolute atomic E-state index is 11.7. The summed E-state index contributed by atoms with van der Waals surface area (Å²) < 4.78 is 5.08. The lowest BCUT2D eigenvalue weighted by molar-refractivity contribution is -0.148. The summed E-state index contributed by atoms with van der Waals surface area (Å²) >= 11 is 0. The largest absolute Gasteiger partial charge is 0.466 e. The normalized spacial score (nSPS) is 12.4. The minimum atomic E-state index is -0.0838. The Bertz CT molecular complexity index is 192. The van der Waals surface area contributed by atoms with Gasteiger partial charge in [-0.2, -0.15) is 0 Å². The molecule has 0 amide bonds. The number of esters is 1. The maximum Gasteiger partial charge on any atom is 0.308 e. The van der Waals surface area contributed by atoms with Gasteiger partial charge in [0.1, 0.15) is 0 Å². The van der Waals surface area contributed by atoms with Crippen molar-refractivity contribution in [2.75, 3.05) is 13.2 Å². The van der Waals surface area contributed by atoms with Crippen LogP contribution < -0.4 is 0 Å². The second-order valence-electron chi connectivity index (χ2n) is 4.87. The Labute approximate surface area is 112 Å². The summed E-state index contributed by atoms with van der Waals surface area (Å²) in [5.74, 6) is -0.0946. The number of aliphatic hydroxyl groups is 1. The number of hydrogen-bond donors (Lipinski definition) is 1. The van der Waals surface area contributed by atoms with Gasteiger partial charge in [0.15, 0.2) is 0 Å². The second kappa shape index (κ2) is 12.9. The summed E-state index contributed by atoms with van der Waals surface area (Å²) in [6.07, 6.45) is 9.80. The molecule has 1 N–H and O–H groups in total. The summed E-state index contributed by atoms with van der Waals surface area (Å²) in [6.45, 7) is 4.66. The number of hydrogen-bond acceptors (Lipinski definition) is 3. The molecule has 0 fully saturated rings. The molecular formula is C15H30O3. The summed E-state index contributed by atoms with van der Waals surface area (Å²) in [5.41, 5.74) is 0. The van der Waals surface area contributed by atoms with E-state index in [9.17, 15) is 4.79 Å². The lowest BCUT2D eigenvalue weighted by atomic mass is 9.96. The van der Waals surface area contributed by atoms with Gasteiger partial charge in [0, 0.05) is 6.61 Å². The highest BCUT2D eigenvalue weighted by atomic mass is 16.5. The highest BCUT2D eigenvalue weighted by Gasteiger charge is 2.18. The minimum Gasteiger partial charge on any atom is -0.466 e. The molecule has 3 nitrogen and oxygen atoms in total. The van der Waals surface area contributed by atoms with E-state index in [4.69, 9.17) is 9.84 Å². The Morgan fingerprint density at radius 2 is 1.61 bits per heavy atom. The second-order valence-corrected chi connectivity index (χ2v) is 4.87. The van der Waals surface area contributed by atoms with E-state index in [1.807, 2.05) is 6.92 Å². The van der Waals surface area contributed by atoms with Crippen LogP contribution in [-0.4, -0.2) is 24.3 Å². The fourth-order valence-electron chi connectivity index (χ4n) is 2.15. The van der Waals surface area contributed by atoms with Gasteiger partial charge in [0.05, 0.1) is 12.5 Å². The van der Waals surface area contributed by atoms with Crippen LogP contribution in [0.15, 0.2) is 0 Å². The smallest absolute Gasteiger partial charge is 0.308 e. The number of rotatable bonds is 12. The van der Waals surface area contributed by atoms with Crippen LogP contribution in [0.3, 0.4) is 0 Å². The molecule has 0 aliphatic heterocycles. The van der Waals surface area contributed by atoms with Crippen LogP contribution in [0.2, 0.25) is 0 Å². The number of unbranched alkanes of at least 4 members (excludes halogenated alkanes) is 5. The van der Waals surface area contributed by atoms with Crippen molar-refractivity contribution in [1.82, 2.24) is 0 Å². The van der Waals surface area contributed by atoms with Crippen molar-refractivity contribution in [2.45, 2.75) is 71.6 Å². The number of carbonyl (C=O) groups is 1. The molecule has 0 aliphatic rings. The number of ether oxygens (including phenoxy) is 1. The Morgan fingerprint density at radius 1 is 1.00 bits per heavy atom. The van der Waals surface area contributed by atoms with Gasteiger partial charge in [0.2, 0.25) is 0 Å². The van der Waals surface area contributed by atoms with Gasteiger partial charge in [-0.1, -0.05) is 45.4 Å². The average molecular weight is 258 g/mol. The summed E-state index contributed by atoms with van der Waals surface area (Å²) in [6, 6.07) is 0. The molecule has 0 aromatic carbocycles. The van der Waals surface area contributed by atoms with Crippen molar-refractivity contribution >= 4 is 5.97 Å². The van der Waals surface area contributed by atoms with Crippen LogP contribution in [-0.2, 0) is 9.53 Å². The molecule has 0 rings (SSSR count). The van der Waals surface area contributed by atoms with Crippen molar-refractivity contribution in [3.63, 3.8) is 0 Å². The third kappa shape index (κ3) is 9.46. The Kier molecular flexibility index (Phi) is 12.5. The topological polar surface area (TPSA) is 46.5 Å². The quantitative estimate of drug-likeness (QED) is 0.429. The van der Waals surface area contributed by atoms with Gasteiger partial charge in [-0.3, -0.25) is 4.79 Å². The first-order chi connectivity index (χ1) is 8.76. The predicted octanol–water partition coefficient (Wildman–Crippen LogP) is 3.69. The molecule has 18 heavy (non-hydrogen) atoms. The SMILES string of the molecule is CCCCCCCCC(CCCO)C(=O)OCC. The average Bonchev–Trinajstić information content (AvgIpc) is 2.37. The highest BCUT2D eigenvalue weighted by Crippen LogP contribution is 2.18. The van der Waals surface area contributed by atoms with Crippen molar-refractivity contribution in [3.05, 3.63) is 0 Å². The standard InChI is InChI=1S/C15H30O3/c1-3-5-6-7-8-9-11-14(12-10-13-16)15(17)18-4-2/h14,16H,3-13H2,1-2H3. The van der Waals surface area contributed by atoms with E-state index >= 15 is 0 Å². The van der Waals surface area contributed by atoms with Gasteiger partial charge < -0.3 is 9.84 Å². The zero-order valence-electron chi connectivity index (χ0n) is 12.1. The molecule has 0 aromatic heterocycles. The molecule has 0 aromatic rings. The summed E-state index contributed by atoms with van der Waals surface area (Å²) in [7, 11) is 0. The van der Waals surface area contributed by atoms with Crippen LogP contribution in [0.25, 0.3) is 0 Å². The van der Waals surface area contributed by atoms with E-state index in [1.54, 1.807) is 0 Å². The molecule has 0 aliphatic carbocycles. The van der Waals surface area contributed by atoms with E-state index in [2.05, 4.69) is 6.92 Å². The molecule has 0 heterocycles. The van der Waals surface area contributed by atoms with Crippen LogP contribution in [0.4, 0.5) is 0 Å².